The molecular formula is C20H21ClN4O4. The SMILES string of the molecule is CCOC1=C/C(=C/NCC(=N)c2ccccc2C(=O)NCC(=O)O)C(=N)C=C1Cl. The first-order chi connectivity index (χ1) is 13.8. The van der Waals surface area contributed by atoms with Gasteiger partial charge in [0.25, 0.3) is 5.91 Å². The number of allylic oxidation sites excluding steroid dienone is 4. The van der Waals surface area contributed by atoms with Crippen LogP contribution in [0, 0.1) is 10.8 Å². The molecule has 152 valence electrons. The van der Waals surface area contributed by atoms with Crippen LogP contribution in [0.4, 0.5) is 0 Å². The van der Waals surface area contributed by atoms with Gasteiger partial charge in [0.2, 0.25) is 0 Å². The van der Waals surface area contributed by atoms with E-state index >= 15 is 0 Å². The van der Waals surface area contributed by atoms with Gasteiger partial charge in [0, 0.05) is 22.9 Å². The average molecular weight is 417 g/mol. The van der Waals surface area contributed by atoms with E-state index in [1.807, 2.05) is 6.92 Å². The lowest BCUT2D eigenvalue weighted by atomic mass is 10.0. The molecule has 8 nitrogen and oxygen atoms in total. The van der Waals surface area contributed by atoms with Crippen LogP contribution in [0.2, 0.25) is 0 Å². The fraction of sp³-hybridized carbons (Fsp3) is 0.200. The van der Waals surface area contributed by atoms with Crippen LogP contribution in [0.15, 0.2) is 59.0 Å². The van der Waals surface area contributed by atoms with Crippen molar-refractivity contribution in [3.8, 4) is 0 Å². The van der Waals surface area contributed by atoms with Gasteiger partial charge in [-0.1, -0.05) is 29.8 Å². The Labute approximate surface area is 172 Å². The highest BCUT2D eigenvalue weighted by atomic mass is 35.5. The van der Waals surface area contributed by atoms with Gasteiger partial charge in [0.05, 0.1) is 29.6 Å². The molecule has 0 atom stereocenters. The van der Waals surface area contributed by atoms with Gasteiger partial charge in [-0.25, -0.2) is 0 Å². The van der Waals surface area contributed by atoms with Crippen LogP contribution in [0.3, 0.4) is 0 Å². The number of carboxylic acid groups (broad SMARTS) is 1. The first-order valence-corrected chi connectivity index (χ1v) is 9.12. The molecule has 29 heavy (non-hydrogen) atoms. The summed E-state index contributed by atoms with van der Waals surface area (Å²) in [6.45, 7) is 1.86. The third-order valence-corrected chi connectivity index (χ3v) is 4.13. The number of carboxylic acids is 1. The summed E-state index contributed by atoms with van der Waals surface area (Å²) in [5, 5.41) is 30.6. The number of hydrogen-bond donors (Lipinski definition) is 5. The summed E-state index contributed by atoms with van der Waals surface area (Å²) in [5.41, 5.74) is 1.47. The molecule has 9 heteroatoms. The molecule has 0 saturated carbocycles. The number of ether oxygens (including phenoxy) is 1. The number of halogens is 1. The Balaban J connectivity index is 2.08. The van der Waals surface area contributed by atoms with E-state index in [4.69, 9.17) is 32.3 Å². The Morgan fingerprint density at radius 2 is 1.90 bits per heavy atom. The fourth-order valence-corrected chi connectivity index (χ4v) is 2.73. The van der Waals surface area contributed by atoms with Crippen LogP contribution in [0.25, 0.3) is 0 Å². The van der Waals surface area contributed by atoms with Crippen molar-refractivity contribution in [2.24, 2.45) is 0 Å². The lowest BCUT2D eigenvalue weighted by Gasteiger charge is -2.15. The zero-order valence-corrected chi connectivity index (χ0v) is 16.5. The van der Waals surface area contributed by atoms with Crippen molar-refractivity contribution < 1.29 is 19.4 Å². The molecule has 1 aromatic rings. The first kappa shape index (κ1) is 21.9. The van der Waals surface area contributed by atoms with Crippen LogP contribution in [0.1, 0.15) is 22.8 Å². The summed E-state index contributed by atoms with van der Waals surface area (Å²) in [6, 6.07) is 6.48. The van der Waals surface area contributed by atoms with Crippen LogP contribution in [-0.4, -0.2) is 48.1 Å². The number of rotatable bonds is 9. The van der Waals surface area contributed by atoms with Crippen molar-refractivity contribution in [2.45, 2.75) is 6.92 Å². The van der Waals surface area contributed by atoms with Gasteiger partial charge in [-0.15, -0.1) is 0 Å². The molecule has 1 aliphatic carbocycles. The molecule has 0 spiro atoms. The minimum Gasteiger partial charge on any atom is -0.492 e. The monoisotopic (exact) mass is 416 g/mol. The maximum atomic E-state index is 12.2. The fourth-order valence-electron chi connectivity index (χ4n) is 2.51. The average Bonchev–Trinajstić information content (AvgIpc) is 2.69. The molecule has 0 aromatic heterocycles. The molecule has 0 aliphatic heterocycles. The molecular weight excluding hydrogens is 396 g/mol. The molecule has 0 fully saturated rings. The van der Waals surface area contributed by atoms with Gasteiger partial charge < -0.3 is 31.3 Å². The Morgan fingerprint density at radius 3 is 2.55 bits per heavy atom. The number of carbonyl (C=O) groups excluding carboxylic acids is 1. The highest BCUT2D eigenvalue weighted by molar-refractivity contribution is 6.35. The van der Waals surface area contributed by atoms with Crippen LogP contribution in [-0.2, 0) is 9.53 Å². The number of carbonyl (C=O) groups is 2. The third kappa shape index (κ3) is 6.05. The highest BCUT2D eigenvalue weighted by Crippen LogP contribution is 2.24. The second-order valence-corrected chi connectivity index (χ2v) is 6.34. The molecule has 2 rings (SSSR count). The molecule has 1 amide bonds. The molecule has 0 saturated heterocycles. The standard InChI is InChI=1S/C20H21ClN4O4/c1-2-29-18-7-12(16(22)8-15(18)21)9-24-10-17(23)13-5-3-4-6-14(13)20(28)25-11-19(26)27/h3-9,22-24H,2,10-11H2,1H3,(H,25,28)(H,26,27)/b12-9-,22-16?,23-17?. The lowest BCUT2D eigenvalue weighted by molar-refractivity contribution is -0.135. The van der Waals surface area contributed by atoms with Crippen LogP contribution >= 0.6 is 11.6 Å². The van der Waals surface area contributed by atoms with Crippen molar-refractivity contribution in [3.63, 3.8) is 0 Å². The normalized spacial score (nSPS) is 14.7. The van der Waals surface area contributed by atoms with Crippen molar-refractivity contribution >= 4 is 34.9 Å². The Bertz CT molecular complexity index is 934. The maximum absolute atomic E-state index is 12.2. The minimum atomic E-state index is -1.15. The molecule has 1 aliphatic rings. The van der Waals surface area contributed by atoms with Gasteiger partial charge >= 0.3 is 5.97 Å². The van der Waals surface area contributed by atoms with E-state index in [0.29, 0.717) is 28.5 Å². The van der Waals surface area contributed by atoms with E-state index in [1.54, 1.807) is 30.5 Å². The topological polar surface area (TPSA) is 135 Å². The number of benzene rings is 1. The lowest BCUT2D eigenvalue weighted by Crippen LogP contribution is -2.31. The number of amides is 1. The summed E-state index contributed by atoms with van der Waals surface area (Å²) < 4.78 is 5.42. The summed E-state index contributed by atoms with van der Waals surface area (Å²) >= 11 is 6.05. The summed E-state index contributed by atoms with van der Waals surface area (Å²) in [7, 11) is 0. The van der Waals surface area contributed by atoms with Crippen molar-refractivity contribution in [3.05, 3.63) is 70.1 Å². The van der Waals surface area contributed by atoms with Gasteiger partial charge in [0.15, 0.2) is 0 Å². The van der Waals surface area contributed by atoms with Gasteiger partial charge in [-0.05, 0) is 25.1 Å². The molecule has 0 unspecified atom stereocenters. The molecule has 0 heterocycles. The highest BCUT2D eigenvalue weighted by Gasteiger charge is 2.16. The predicted molar refractivity (Wildman–Crippen MR) is 111 cm³/mol. The third-order valence-electron chi connectivity index (χ3n) is 3.84. The predicted octanol–water partition coefficient (Wildman–Crippen LogP) is 2.42. The van der Waals surface area contributed by atoms with E-state index < -0.39 is 18.4 Å². The summed E-state index contributed by atoms with van der Waals surface area (Å²) in [5.74, 6) is -1.25. The molecule has 1 aromatic carbocycles. The zero-order chi connectivity index (χ0) is 21.4. The summed E-state index contributed by atoms with van der Waals surface area (Å²) in [6.07, 6.45) is 4.69. The van der Waals surface area contributed by atoms with Gasteiger partial charge in [-0.2, -0.15) is 0 Å². The quantitative estimate of drug-likeness (QED) is 0.394. The number of nitrogens with one attached hydrogen (secondary N) is 4. The molecule has 5 N–H and O–H groups in total. The van der Waals surface area contributed by atoms with E-state index in [0.717, 1.165) is 0 Å². The van der Waals surface area contributed by atoms with E-state index in [9.17, 15) is 9.59 Å². The van der Waals surface area contributed by atoms with Crippen molar-refractivity contribution in [2.75, 3.05) is 19.7 Å². The van der Waals surface area contributed by atoms with Crippen LogP contribution in [0.5, 0.6) is 0 Å². The Morgan fingerprint density at radius 1 is 1.21 bits per heavy atom. The Hall–Kier alpha value is -3.39. The van der Waals surface area contributed by atoms with Crippen molar-refractivity contribution in [1.82, 2.24) is 10.6 Å². The minimum absolute atomic E-state index is 0.0925. The van der Waals surface area contributed by atoms with Gasteiger partial charge in [0.1, 0.15) is 12.3 Å². The van der Waals surface area contributed by atoms with E-state index in [2.05, 4.69) is 10.6 Å². The summed E-state index contributed by atoms with van der Waals surface area (Å²) in [4.78, 5) is 22.8. The smallest absolute Gasteiger partial charge is 0.322 e. The molecule has 0 radical (unpaired) electrons. The molecule has 0 bridgehead atoms. The van der Waals surface area contributed by atoms with E-state index in [-0.39, 0.29) is 23.5 Å². The second kappa shape index (κ2) is 10.2. The van der Waals surface area contributed by atoms with E-state index in [1.165, 1.54) is 12.1 Å². The number of hydrogen-bond acceptors (Lipinski definition) is 6. The van der Waals surface area contributed by atoms with Gasteiger partial charge in [-0.3, -0.25) is 9.59 Å². The maximum Gasteiger partial charge on any atom is 0.322 e. The largest absolute Gasteiger partial charge is 0.492 e. The zero-order valence-electron chi connectivity index (χ0n) is 15.7. The second-order valence-electron chi connectivity index (χ2n) is 5.93. The Kier molecular flexibility index (Phi) is 7.73. The van der Waals surface area contributed by atoms with Crippen LogP contribution < -0.4 is 10.6 Å². The number of aliphatic carboxylic acids is 1. The van der Waals surface area contributed by atoms with Crippen molar-refractivity contribution in [1.29, 1.82) is 10.8 Å². The first-order valence-electron chi connectivity index (χ1n) is 8.74.